The minimum atomic E-state index is -0.591. The van der Waals surface area contributed by atoms with Crippen LogP contribution >= 0.6 is 22.9 Å². The van der Waals surface area contributed by atoms with E-state index in [1.807, 2.05) is 6.07 Å². The van der Waals surface area contributed by atoms with Crippen molar-refractivity contribution < 1.29 is 8.78 Å². The Morgan fingerprint density at radius 1 is 1.12 bits per heavy atom. The predicted octanol–water partition coefficient (Wildman–Crippen LogP) is 4.29. The summed E-state index contributed by atoms with van der Waals surface area (Å²) in [7, 11) is 0. The highest BCUT2D eigenvalue weighted by molar-refractivity contribution is 7.16. The second-order valence-electron chi connectivity index (χ2n) is 3.22. The molecule has 1 N–H and O–H groups in total. The lowest BCUT2D eigenvalue weighted by Crippen LogP contribution is -1.98. The lowest BCUT2D eigenvalue weighted by Gasteiger charge is -2.04. The standard InChI is InChI=1S/C11H8ClF2NS/c12-11-2-1-10(16-11)6-15-9-4-7(13)3-8(14)5-9/h1-5,15H,6H2. The molecule has 0 aliphatic heterocycles. The maximum atomic E-state index is 12.9. The molecular weight excluding hydrogens is 252 g/mol. The van der Waals surface area contributed by atoms with Crippen LogP contribution in [0, 0.1) is 11.6 Å². The van der Waals surface area contributed by atoms with E-state index >= 15 is 0 Å². The summed E-state index contributed by atoms with van der Waals surface area (Å²) in [5.74, 6) is -1.18. The molecule has 2 aromatic rings. The summed E-state index contributed by atoms with van der Waals surface area (Å²) in [6.07, 6.45) is 0. The van der Waals surface area contributed by atoms with Crippen LogP contribution in [-0.4, -0.2) is 0 Å². The van der Waals surface area contributed by atoms with E-state index in [1.165, 1.54) is 23.5 Å². The maximum absolute atomic E-state index is 12.9. The Morgan fingerprint density at radius 3 is 2.38 bits per heavy atom. The first kappa shape index (κ1) is 11.4. The molecule has 1 heterocycles. The zero-order chi connectivity index (χ0) is 11.5. The molecule has 5 heteroatoms. The first-order valence-corrected chi connectivity index (χ1v) is 5.77. The van der Waals surface area contributed by atoms with Crippen molar-refractivity contribution in [3.8, 4) is 0 Å². The van der Waals surface area contributed by atoms with Gasteiger partial charge in [-0.3, -0.25) is 0 Å². The Bertz CT molecular complexity index is 478. The van der Waals surface area contributed by atoms with Gasteiger partial charge in [-0.1, -0.05) is 11.6 Å². The summed E-state index contributed by atoms with van der Waals surface area (Å²) in [6.45, 7) is 0.500. The van der Waals surface area contributed by atoms with Crippen LogP contribution in [0.2, 0.25) is 4.34 Å². The monoisotopic (exact) mass is 259 g/mol. The Balaban J connectivity index is 2.04. The summed E-state index contributed by atoms with van der Waals surface area (Å²) in [5.41, 5.74) is 0.419. The molecule has 0 bridgehead atoms. The number of hydrogen-bond acceptors (Lipinski definition) is 2. The van der Waals surface area contributed by atoms with E-state index < -0.39 is 11.6 Å². The molecule has 0 unspecified atom stereocenters. The first-order valence-electron chi connectivity index (χ1n) is 4.58. The third-order valence-corrected chi connectivity index (χ3v) is 3.19. The minimum absolute atomic E-state index is 0.419. The fraction of sp³-hybridized carbons (Fsp3) is 0.0909. The van der Waals surface area contributed by atoms with Crippen LogP contribution in [0.1, 0.15) is 4.88 Å². The molecule has 0 spiro atoms. The van der Waals surface area contributed by atoms with Crippen LogP contribution in [0.4, 0.5) is 14.5 Å². The molecule has 2 rings (SSSR count). The Labute approximate surface area is 101 Å². The average molecular weight is 260 g/mol. The van der Waals surface area contributed by atoms with Gasteiger partial charge in [-0.2, -0.15) is 0 Å². The number of thiophene rings is 1. The van der Waals surface area contributed by atoms with Crippen molar-refractivity contribution in [1.82, 2.24) is 0 Å². The van der Waals surface area contributed by atoms with Crippen LogP contribution in [0.5, 0.6) is 0 Å². The molecule has 1 nitrogen and oxygen atoms in total. The number of benzene rings is 1. The topological polar surface area (TPSA) is 12.0 Å². The van der Waals surface area contributed by atoms with Crippen LogP contribution in [-0.2, 0) is 6.54 Å². The lowest BCUT2D eigenvalue weighted by molar-refractivity contribution is 0.584. The molecular formula is C11H8ClF2NS. The molecule has 0 atom stereocenters. The van der Waals surface area contributed by atoms with E-state index in [0.29, 0.717) is 16.6 Å². The van der Waals surface area contributed by atoms with Crippen molar-refractivity contribution in [1.29, 1.82) is 0 Å². The number of nitrogens with one attached hydrogen (secondary N) is 1. The number of halogens is 3. The van der Waals surface area contributed by atoms with Crippen LogP contribution in [0.3, 0.4) is 0 Å². The highest BCUT2D eigenvalue weighted by atomic mass is 35.5. The van der Waals surface area contributed by atoms with Crippen molar-refractivity contribution >= 4 is 28.6 Å². The predicted molar refractivity (Wildman–Crippen MR) is 63.0 cm³/mol. The summed E-state index contributed by atoms with van der Waals surface area (Å²) in [5, 5.41) is 2.93. The number of anilines is 1. The minimum Gasteiger partial charge on any atom is -0.380 e. The summed E-state index contributed by atoms with van der Waals surface area (Å²) < 4.78 is 26.4. The Morgan fingerprint density at radius 2 is 1.81 bits per heavy atom. The van der Waals surface area contributed by atoms with Gasteiger partial charge in [0, 0.05) is 23.2 Å². The van der Waals surface area contributed by atoms with Gasteiger partial charge in [0.1, 0.15) is 11.6 Å². The molecule has 0 aliphatic rings. The maximum Gasteiger partial charge on any atom is 0.128 e. The fourth-order valence-electron chi connectivity index (χ4n) is 1.29. The van der Waals surface area contributed by atoms with Gasteiger partial charge >= 0.3 is 0 Å². The van der Waals surface area contributed by atoms with Crippen molar-refractivity contribution in [3.63, 3.8) is 0 Å². The molecule has 0 saturated heterocycles. The molecule has 84 valence electrons. The third-order valence-electron chi connectivity index (χ3n) is 1.96. The van der Waals surface area contributed by atoms with E-state index in [1.54, 1.807) is 6.07 Å². The van der Waals surface area contributed by atoms with E-state index in [2.05, 4.69) is 5.32 Å². The lowest BCUT2D eigenvalue weighted by atomic mass is 10.3. The van der Waals surface area contributed by atoms with Crippen LogP contribution in [0.25, 0.3) is 0 Å². The van der Waals surface area contributed by atoms with Crippen molar-refractivity contribution in [2.24, 2.45) is 0 Å². The molecule has 0 amide bonds. The second-order valence-corrected chi connectivity index (χ2v) is 5.02. The van der Waals surface area contributed by atoms with Gasteiger partial charge in [0.15, 0.2) is 0 Å². The molecule has 1 aromatic carbocycles. The van der Waals surface area contributed by atoms with Gasteiger partial charge in [0.2, 0.25) is 0 Å². The molecule has 0 saturated carbocycles. The van der Waals surface area contributed by atoms with Gasteiger partial charge in [0.25, 0.3) is 0 Å². The zero-order valence-corrected chi connectivity index (χ0v) is 9.71. The highest BCUT2D eigenvalue weighted by Gasteiger charge is 2.01. The van der Waals surface area contributed by atoms with Crippen molar-refractivity contribution in [2.75, 3.05) is 5.32 Å². The SMILES string of the molecule is Fc1cc(F)cc(NCc2ccc(Cl)s2)c1. The van der Waals surface area contributed by atoms with Gasteiger partial charge in [-0.05, 0) is 24.3 Å². The third kappa shape index (κ3) is 2.93. The van der Waals surface area contributed by atoms with E-state index in [0.717, 1.165) is 10.9 Å². The van der Waals surface area contributed by atoms with Gasteiger partial charge in [-0.25, -0.2) is 8.78 Å². The second kappa shape index (κ2) is 4.80. The van der Waals surface area contributed by atoms with E-state index in [9.17, 15) is 8.78 Å². The smallest absolute Gasteiger partial charge is 0.128 e. The van der Waals surface area contributed by atoms with E-state index in [4.69, 9.17) is 11.6 Å². The van der Waals surface area contributed by atoms with Crippen molar-refractivity contribution in [3.05, 3.63) is 51.2 Å². The summed E-state index contributed by atoms with van der Waals surface area (Å²) >= 11 is 7.19. The highest BCUT2D eigenvalue weighted by Crippen LogP contribution is 2.22. The molecule has 16 heavy (non-hydrogen) atoms. The Kier molecular flexibility index (Phi) is 3.41. The normalized spacial score (nSPS) is 10.4. The van der Waals surface area contributed by atoms with Gasteiger partial charge in [0.05, 0.1) is 4.34 Å². The molecule has 1 aromatic heterocycles. The van der Waals surface area contributed by atoms with E-state index in [-0.39, 0.29) is 0 Å². The summed E-state index contributed by atoms with van der Waals surface area (Å²) in [4.78, 5) is 1.01. The van der Waals surface area contributed by atoms with Crippen LogP contribution < -0.4 is 5.32 Å². The largest absolute Gasteiger partial charge is 0.380 e. The first-order chi connectivity index (χ1) is 7.63. The fourth-order valence-corrected chi connectivity index (χ4v) is 2.32. The molecule has 0 fully saturated rings. The average Bonchev–Trinajstić information content (AvgIpc) is 2.60. The van der Waals surface area contributed by atoms with Crippen LogP contribution in [0.15, 0.2) is 30.3 Å². The Hall–Kier alpha value is -1.13. The van der Waals surface area contributed by atoms with Gasteiger partial charge in [-0.15, -0.1) is 11.3 Å². The quantitative estimate of drug-likeness (QED) is 0.867. The summed E-state index contributed by atoms with van der Waals surface area (Å²) in [6, 6.07) is 6.99. The number of rotatable bonds is 3. The molecule has 0 aliphatic carbocycles. The molecule has 0 radical (unpaired) electrons. The zero-order valence-electron chi connectivity index (χ0n) is 8.14. The number of hydrogen-bond donors (Lipinski definition) is 1. The van der Waals surface area contributed by atoms with Crippen molar-refractivity contribution in [2.45, 2.75) is 6.54 Å². The van der Waals surface area contributed by atoms with Gasteiger partial charge < -0.3 is 5.32 Å².